The van der Waals surface area contributed by atoms with Crippen molar-refractivity contribution in [2.75, 3.05) is 33.6 Å². The Kier molecular flexibility index (Phi) is 5.29. The average Bonchev–Trinajstić information content (AvgIpc) is 3.35. The molecule has 1 saturated heterocycles. The first-order valence-corrected chi connectivity index (χ1v) is 9.41. The van der Waals surface area contributed by atoms with E-state index in [0.29, 0.717) is 18.9 Å². The van der Waals surface area contributed by atoms with Crippen LogP contribution >= 0.6 is 0 Å². The molecule has 144 valence electrons. The molecule has 2 aromatic rings. The minimum Gasteiger partial charge on any atom is -0.454 e. The van der Waals surface area contributed by atoms with Crippen LogP contribution in [0.5, 0.6) is 11.5 Å². The fourth-order valence-corrected chi connectivity index (χ4v) is 3.78. The predicted molar refractivity (Wildman–Crippen MR) is 98.9 cm³/mol. The van der Waals surface area contributed by atoms with Crippen molar-refractivity contribution in [3.63, 3.8) is 0 Å². The van der Waals surface area contributed by atoms with Crippen molar-refractivity contribution in [2.45, 2.75) is 31.7 Å². The van der Waals surface area contributed by atoms with E-state index in [9.17, 15) is 4.79 Å². The summed E-state index contributed by atoms with van der Waals surface area (Å²) in [6, 6.07) is 5.71. The average molecular weight is 371 g/mol. The van der Waals surface area contributed by atoms with Crippen molar-refractivity contribution >= 4 is 5.91 Å². The number of imidazole rings is 1. The van der Waals surface area contributed by atoms with E-state index in [1.165, 1.54) is 0 Å². The van der Waals surface area contributed by atoms with Gasteiger partial charge in [0, 0.05) is 45.1 Å². The van der Waals surface area contributed by atoms with Crippen molar-refractivity contribution in [1.29, 1.82) is 0 Å². The van der Waals surface area contributed by atoms with Crippen LogP contribution in [0.1, 0.15) is 30.1 Å². The Hall–Kier alpha value is -2.54. The molecule has 0 radical (unpaired) electrons. The van der Waals surface area contributed by atoms with Gasteiger partial charge in [-0.25, -0.2) is 4.98 Å². The quantitative estimate of drug-likeness (QED) is 0.779. The molecule has 0 atom stereocenters. The second-order valence-electron chi connectivity index (χ2n) is 6.99. The molecule has 2 aliphatic rings. The van der Waals surface area contributed by atoms with E-state index < -0.39 is 0 Å². The second-order valence-corrected chi connectivity index (χ2v) is 6.99. The first kappa shape index (κ1) is 17.9. The second kappa shape index (κ2) is 8.00. The molecular weight excluding hydrogens is 346 g/mol. The Morgan fingerprint density at radius 1 is 1.26 bits per heavy atom. The van der Waals surface area contributed by atoms with E-state index in [1.54, 1.807) is 7.11 Å². The topological polar surface area (TPSA) is 65.8 Å². The fraction of sp³-hybridized carbons (Fsp3) is 0.500. The number of amides is 1. The highest BCUT2D eigenvalue weighted by Gasteiger charge is 2.26. The first-order valence-electron chi connectivity index (χ1n) is 9.41. The van der Waals surface area contributed by atoms with Crippen LogP contribution in [0, 0.1) is 0 Å². The van der Waals surface area contributed by atoms with Crippen LogP contribution in [0.2, 0.25) is 0 Å². The van der Waals surface area contributed by atoms with Crippen LogP contribution in [0.3, 0.4) is 0 Å². The number of carbonyl (C=O) groups is 1. The third-order valence-electron chi connectivity index (χ3n) is 5.29. The Bertz CT molecular complexity index is 796. The Labute approximate surface area is 158 Å². The lowest BCUT2D eigenvalue weighted by atomic mass is 9.95. The number of aromatic nitrogens is 2. The monoisotopic (exact) mass is 371 g/mol. The summed E-state index contributed by atoms with van der Waals surface area (Å²) in [5.41, 5.74) is 0.960. The van der Waals surface area contributed by atoms with Gasteiger partial charge in [-0.15, -0.1) is 0 Å². The number of fused-ring (bicyclic) bond motifs is 1. The summed E-state index contributed by atoms with van der Waals surface area (Å²) in [6.07, 6.45) is 6.13. The van der Waals surface area contributed by atoms with Crippen LogP contribution in [0.4, 0.5) is 0 Å². The molecule has 1 aromatic heterocycles. The number of hydrogen-bond donors (Lipinski definition) is 0. The van der Waals surface area contributed by atoms with E-state index >= 15 is 0 Å². The van der Waals surface area contributed by atoms with E-state index in [0.717, 1.165) is 55.4 Å². The zero-order valence-electron chi connectivity index (χ0n) is 15.6. The van der Waals surface area contributed by atoms with Crippen LogP contribution in [0.15, 0.2) is 30.6 Å². The summed E-state index contributed by atoms with van der Waals surface area (Å²) in [6.45, 7) is 3.28. The zero-order chi connectivity index (χ0) is 18.6. The molecule has 27 heavy (non-hydrogen) atoms. The number of likely N-dealkylation sites (tertiary alicyclic amines) is 1. The summed E-state index contributed by atoms with van der Waals surface area (Å²) in [5.74, 6) is 3.13. The van der Waals surface area contributed by atoms with Gasteiger partial charge in [-0.3, -0.25) is 4.79 Å². The normalized spacial score (nSPS) is 16.7. The Morgan fingerprint density at radius 3 is 2.89 bits per heavy atom. The summed E-state index contributed by atoms with van der Waals surface area (Å²) in [4.78, 5) is 19.2. The Morgan fingerprint density at radius 2 is 2.07 bits per heavy atom. The standard InChI is InChI=1S/C20H25N3O4/c1-25-11-10-23-9-6-21-20(23)16-4-7-22(8-5-16)19(24)13-15-2-3-17-18(12-15)27-14-26-17/h2-3,6,9,12,16H,4-5,7-8,10-11,13-14H2,1H3. The molecule has 0 N–H and O–H groups in total. The van der Waals surface area contributed by atoms with Gasteiger partial charge >= 0.3 is 0 Å². The summed E-state index contributed by atoms with van der Waals surface area (Å²) >= 11 is 0. The molecule has 2 aliphatic heterocycles. The van der Waals surface area contributed by atoms with Gasteiger partial charge < -0.3 is 23.7 Å². The highest BCUT2D eigenvalue weighted by Crippen LogP contribution is 2.33. The molecular formula is C20H25N3O4. The molecule has 1 aromatic carbocycles. The van der Waals surface area contributed by atoms with Crippen molar-refractivity contribution < 1.29 is 19.0 Å². The van der Waals surface area contributed by atoms with Gasteiger partial charge in [0.1, 0.15) is 5.82 Å². The van der Waals surface area contributed by atoms with Gasteiger partial charge in [-0.1, -0.05) is 6.07 Å². The van der Waals surface area contributed by atoms with E-state index in [-0.39, 0.29) is 12.7 Å². The molecule has 0 saturated carbocycles. The minimum atomic E-state index is 0.162. The molecule has 1 fully saturated rings. The molecule has 0 unspecified atom stereocenters. The lowest BCUT2D eigenvalue weighted by molar-refractivity contribution is -0.131. The molecule has 0 aliphatic carbocycles. The van der Waals surface area contributed by atoms with Crippen LogP contribution in [-0.4, -0.2) is 54.0 Å². The maximum atomic E-state index is 12.7. The van der Waals surface area contributed by atoms with Gasteiger partial charge in [0.05, 0.1) is 13.0 Å². The highest BCUT2D eigenvalue weighted by molar-refractivity contribution is 5.79. The van der Waals surface area contributed by atoms with Crippen molar-refractivity contribution in [3.8, 4) is 11.5 Å². The number of rotatable bonds is 6. The van der Waals surface area contributed by atoms with E-state index in [1.807, 2.05) is 35.5 Å². The number of piperidine rings is 1. The third-order valence-corrected chi connectivity index (χ3v) is 5.29. The van der Waals surface area contributed by atoms with Crippen molar-refractivity contribution in [3.05, 3.63) is 42.0 Å². The lowest BCUT2D eigenvalue weighted by Crippen LogP contribution is -2.39. The first-order chi connectivity index (χ1) is 13.2. The van der Waals surface area contributed by atoms with Crippen LogP contribution < -0.4 is 9.47 Å². The third kappa shape index (κ3) is 3.93. The summed E-state index contributed by atoms with van der Waals surface area (Å²) in [5, 5.41) is 0. The van der Waals surface area contributed by atoms with E-state index in [4.69, 9.17) is 14.2 Å². The zero-order valence-corrected chi connectivity index (χ0v) is 15.6. The number of methoxy groups -OCH3 is 1. The van der Waals surface area contributed by atoms with Crippen molar-refractivity contribution in [1.82, 2.24) is 14.5 Å². The molecule has 4 rings (SSSR count). The minimum absolute atomic E-state index is 0.162. The van der Waals surface area contributed by atoms with Gasteiger partial charge in [0.25, 0.3) is 0 Å². The maximum absolute atomic E-state index is 12.7. The largest absolute Gasteiger partial charge is 0.454 e. The molecule has 0 spiro atoms. The van der Waals surface area contributed by atoms with Crippen LogP contribution in [0.25, 0.3) is 0 Å². The number of carbonyl (C=O) groups excluding carboxylic acids is 1. The predicted octanol–water partition coefficient (Wildman–Crippen LogP) is 2.21. The highest BCUT2D eigenvalue weighted by atomic mass is 16.7. The molecule has 7 heteroatoms. The summed E-state index contributed by atoms with van der Waals surface area (Å²) in [7, 11) is 1.71. The lowest BCUT2D eigenvalue weighted by Gasteiger charge is -2.32. The number of hydrogen-bond acceptors (Lipinski definition) is 5. The Balaban J connectivity index is 1.32. The van der Waals surface area contributed by atoms with Crippen LogP contribution in [-0.2, 0) is 22.5 Å². The van der Waals surface area contributed by atoms with Gasteiger partial charge in [0.15, 0.2) is 11.5 Å². The number of benzene rings is 1. The number of nitrogens with zero attached hydrogens (tertiary/aromatic N) is 3. The SMILES string of the molecule is COCCn1ccnc1C1CCN(C(=O)Cc2ccc3c(c2)OCO3)CC1. The number of ether oxygens (including phenoxy) is 3. The fourth-order valence-electron chi connectivity index (χ4n) is 3.78. The van der Waals surface area contributed by atoms with E-state index in [2.05, 4.69) is 9.55 Å². The van der Waals surface area contributed by atoms with Gasteiger partial charge in [0.2, 0.25) is 12.7 Å². The summed E-state index contributed by atoms with van der Waals surface area (Å²) < 4.78 is 18.1. The smallest absolute Gasteiger partial charge is 0.231 e. The molecule has 1 amide bonds. The van der Waals surface area contributed by atoms with Crippen molar-refractivity contribution in [2.24, 2.45) is 0 Å². The maximum Gasteiger partial charge on any atom is 0.231 e. The molecule has 7 nitrogen and oxygen atoms in total. The molecule has 3 heterocycles. The van der Waals surface area contributed by atoms with Gasteiger partial charge in [-0.05, 0) is 30.5 Å². The van der Waals surface area contributed by atoms with Gasteiger partial charge in [-0.2, -0.15) is 0 Å². The molecule has 0 bridgehead atoms.